The van der Waals surface area contributed by atoms with Gasteiger partial charge in [0.2, 0.25) is 0 Å². The highest BCUT2D eigenvalue weighted by molar-refractivity contribution is 5.98. The van der Waals surface area contributed by atoms with E-state index in [0.29, 0.717) is 35.7 Å². The van der Waals surface area contributed by atoms with E-state index in [1.54, 1.807) is 4.90 Å². The Hall–Kier alpha value is -3.33. The lowest BCUT2D eigenvalue weighted by Crippen LogP contribution is -2.40. The molecule has 0 saturated carbocycles. The summed E-state index contributed by atoms with van der Waals surface area (Å²) in [4.78, 5) is 26.1. The first kappa shape index (κ1) is 16.5. The van der Waals surface area contributed by atoms with Crippen LogP contribution in [0, 0.1) is 18.3 Å². The maximum Gasteiger partial charge on any atom is 0.338 e. The first-order valence-corrected chi connectivity index (χ1v) is 7.79. The molecule has 1 aliphatic rings. The summed E-state index contributed by atoms with van der Waals surface area (Å²) in [6.07, 6.45) is 0. The van der Waals surface area contributed by atoms with E-state index in [1.807, 2.05) is 31.2 Å². The Morgan fingerprint density at radius 3 is 2.72 bits per heavy atom. The Morgan fingerprint density at radius 1 is 1.24 bits per heavy atom. The van der Waals surface area contributed by atoms with Crippen molar-refractivity contribution >= 4 is 17.6 Å². The minimum absolute atomic E-state index is 0.296. The molecule has 1 amide bonds. The Kier molecular flexibility index (Phi) is 4.66. The third-order valence-corrected chi connectivity index (χ3v) is 3.86. The van der Waals surface area contributed by atoms with Crippen LogP contribution < -0.4 is 9.64 Å². The summed E-state index contributed by atoms with van der Waals surface area (Å²) in [6, 6.07) is 13.6. The number of ether oxygens (including phenoxy) is 2. The van der Waals surface area contributed by atoms with Crippen LogP contribution in [0.2, 0.25) is 0 Å². The molecule has 0 bridgehead atoms. The fourth-order valence-corrected chi connectivity index (χ4v) is 2.56. The van der Waals surface area contributed by atoms with Gasteiger partial charge in [0.05, 0.1) is 29.4 Å². The van der Waals surface area contributed by atoms with Gasteiger partial charge in [0.25, 0.3) is 5.91 Å². The molecule has 0 aromatic heterocycles. The third kappa shape index (κ3) is 3.61. The molecule has 0 aliphatic carbocycles. The zero-order valence-electron chi connectivity index (χ0n) is 13.7. The number of nitriles is 1. The van der Waals surface area contributed by atoms with Gasteiger partial charge in [-0.25, -0.2) is 4.79 Å². The molecule has 6 heteroatoms. The molecular weight excluding hydrogens is 320 g/mol. The fraction of sp³-hybridized carbons (Fsp3) is 0.211. The van der Waals surface area contributed by atoms with Gasteiger partial charge in [-0.1, -0.05) is 6.07 Å². The van der Waals surface area contributed by atoms with Crippen LogP contribution in [0.5, 0.6) is 5.75 Å². The number of carbonyl (C=O) groups is 2. The average molecular weight is 336 g/mol. The molecule has 0 N–H and O–H groups in total. The van der Waals surface area contributed by atoms with Crippen molar-refractivity contribution in [1.29, 1.82) is 5.26 Å². The summed E-state index contributed by atoms with van der Waals surface area (Å²) in [5, 5.41) is 8.76. The van der Waals surface area contributed by atoms with Crippen molar-refractivity contribution in [2.75, 3.05) is 24.7 Å². The van der Waals surface area contributed by atoms with Crippen LogP contribution in [-0.2, 0) is 9.53 Å². The van der Waals surface area contributed by atoms with Crippen molar-refractivity contribution in [2.24, 2.45) is 0 Å². The van der Waals surface area contributed by atoms with Gasteiger partial charge in [0.1, 0.15) is 12.4 Å². The second-order valence-electron chi connectivity index (χ2n) is 5.63. The van der Waals surface area contributed by atoms with E-state index in [1.165, 1.54) is 24.3 Å². The molecule has 0 radical (unpaired) electrons. The van der Waals surface area contributed by atoms with Gasteiger partial charge in [-0.2, -0.15) is 5.26 Å². The largest absolute Gasteiger partial charge is 0.490 e. The maximum absolute atomic E-state index is 12.5. The highest BCUT2D eigenvalue weighted by Gasteiger charge is 2.24. The van der Waals surface area contributed by atoms with E-state index in [-0.39, 0.29) is 12.5 Å². The van der Waals surface area contributed by atoms with Crippen LogP contribution in [0.3, 0.4) is 0 Å². The highest BCUT2D eigenvalue weighted by atomic mass is 16.5. The molecule has 0 fully saturated rings. The number of hydrogen-bond donors (Lipinski definition) is 0. The molecule has 6 nitrogen and oxygen atoms in total. The Bertz CT molecular complexity index is 853. The van der Waals surface area contributed by atoms with Crippen molar-refractivity contribution in [2.45, 2.75) is 6.92 Å². The van der Waals surface area contributed by atoms with Crippen LogP contribution in [-0.4, -0.2) is 31.6 Å². The molecule has 2 aromatic rings. The van der Waals surface area contributed by atoms with Crippen molar-refractivity contribution in [1.82, 2.24) is 0 Å². The van der Waals surface area contributed by atoms with E-state index < -0.39 is 5.97 Å². The lowest BCUT2D eigenvalue weighted by Gasteiger charge is -2.29. The quantitative estimate of drug-likeness (QED) is 0.804. The standard InChI is InChI=1S/C19H16N2O4/c1-13-2-7-17-16(10-13)21(8-9-24-17)18(22)12-25-19(23)15-5-3-14(11-20)4-6-15/h2-7,10H,8-9,12H2,1H3. The van der Waals surface area contributed by atoms with Gasteiger partial charge in [0, 0.05) is 0 Å². The number of esters is 1. The molecular formula is C19H16N2O4. The first-order valence-electron chi connectivity index (χ1n) is 7.79. The number of amides is 1. The zero-order valence-corrected chi connectivity index (χ0v) is 13.7. The number of hydrogen-bond acceptors (Lipinski definition) is 5. The molecule has 0 saturated heterocycles. The maximum atomic E-state index is 12.5. The van der Waals surface area contributed by atoms with Crippen LogP contribution in [0.25, 0.3) is 0 Å². The van der Waals surface area contributed by atoms with Crippen molar-refractivity contribution in [3.63, 3.8) is 0 Å². The Labute approximate surface area is 145 Å². The van der Waals surface area contributed by atoms with Crippen molar-refractivity contribution in [3.05, 3.63) is 59.2 Å². The number of benzene rings is 2. The van der Waals surface area contributed by atoms with E-state index in [4.69, 9.17) is 14.7 Å². The normalized spacial score (nSPS) is 12.6. The van der Waals surface area contributed by atoms with Crippen LogP contribution in [0.1, 0.15) is 21.5 Å². The summed E-state index contributed by atoms with van der Waals surface area (Å²) in [7, 11) is 0. The lowest BCUT2D eigenvalue weighted by atomic mass is 10.1. The summed E-state index contributed by atoms with van der Waals surface area (Å²) in [5.74, 6) is -0.267. The Balaban J connectivity index is 1.66. The van der Waals surface area contributed by atoms with Gasteiger partial charge in [-0.15, -0.1) is 0 Å². The summed E-state index contributed by atoms with van der Waals surface area (Å²) in [5.41, 5.74) is 2.44. The van der Waals surface area contributed by atoms with Crippen molar-refractivity contribution in [3.8, 4) is 11.8 Å². The SMILES string of the molecule is Cc1ccc2c(c1)N(C(=O)COC(=O)c1ccc(C#N)cc1)CCO2. The zero-order chi connectivity index (χ0) is 17.8. The number of anilines is 1. The van der Waals surface area contributed by atoms with Crippen LogP contribution in [0.15, 0.2) is 42.5 Å². The first-order chi connectivity index (χ1) is 12.1. The van der Waals surface area contributed by atoms with Crippen LogP contribution in [0.4, 0.5) is 5.69 Å². The van der Waals surface area contributed by atoms with E-state index in [9.17, 15) is 9.59 Å². The summed E-state index contributed by atoms with van der Waals surface area (Å²) < 4.78 is 10.7. The number of rotatable bonds is 3. The van der Waals surface area contributed by atoms with Crippen LogP contribution >= 0.6 is 0 Å². The number of carbonyl (C=O) groups excluding carboxylic acids is 2. The van der Waals surface area contributed by atoms with Gasteiger partial charge in [-0.3, -0.25) is 4.79 Å². The van der Waals surface area contributed by atoms with E-state index >= 15 is 0 Å². The van der Waals surface area contributed by atoms with Gasteiger partial charge in [0.15, 0.2) is 6.61 Å². The molecule has 126 valence electrons. The smallest absolute Gasteiger partial charge is 0.338 e. The minimum atomic E-state index is -0.601. The summed E-state index contributed by atoms with van der Waals surface area (Å²) in [6.45, 7) is 2.38. The molecule has 25 heavy (non-hydrogen) atoms. The Morgan fingerprint density at radius 2 is 2.00 bits per heavy atom. The van der Waals surface area contributed by atoms with E-state index in [2.05, 4.69) is 0 Å². The molecule has 0 unspecified atom stereocenters. The molecule has 0 atom stereocenters. The predicted molar refractivity (Wildman–Crippen MR) is 90.5 cm³/mol. The third-order valence-electron chi connectivity index (χ3n) is 3.86. The fourth-order valence-electron chi connectivity index (χ4n) is 2.56. The highest BCUT2D eigenvalue weighted by Crippen LogP contribution is 2.32. The molecule has 0 spiro atoms. The second-order valence-corrected chi connectivity index (χ2v) is 5.63. The molecule has 1 aliphatic heterocycles. The summed E-state index contributed by atoms with van der Waals surface area (Å²) >= 11 is 0. The monoisotopic (exact) mass is 336 g/mol. The second kappa shape index (κ2) is 7.05. The van der Waals surface area contributed by atoms with Crippen molar-refractivity contribution < 1.29 is 19.1 Å². The average Bonchev–Trinajstić information content (AvgIpc) is 2.65. The lowest BCUT2D eigenvalue weighted by molar-refractivity contribution is -0.121. The predicted octanol–water partition coefficient (Wildman–Crippen LogP) is 2.45. The molecule has 3 rings (SSSR count). The minimum Gasteiger partial charge on any atom is -0.490 e. The number of fused-ring (bicyclic) bond motifs is 1. The molecule has 1 heterocycles. The van der Waals surface area contributed by atoms with Gasteiger partial charge < -0.3 is 14.4 Å². The van der Waals surface area contributed by atoms with Gasteiger partial charge in [-0.05, 0) is 48.9 Å². The topological polar surface area (TPSA) is 79.6 Å². The van der Waals surface area contributed by atoms with E-state index in [0.717, 1.165) is 5.56 Å². The number of nitrogens with zero attached hydrogens (tertiary/aromatic N) is 2. The van der Waals surface area contributed by atoms with Gasteiger partial charge >= 0.3 is 5.97 Å². The number of aryl methyl sites for hydroxylation is 1. The molecule has 2 aromatic carbocycles.